The lowest BCUT2D eigenvalue weighted by Gasteiger charge is -2.09. The number of hydrogen-bond donors (Lipinski definition) is 1. The minimum absolute atomic E-state index is 0.805. The van der Waals surface area contributed by atoms with Crippen LogP contribution in [0.2, 0.25) is 0 Å². The van der Waals surface area contributed by atoms with E-state index in [1.807, 2.05) is 30.3 Å². The molecule has 20 heavy (non-hydrogen) atoms. The lowest BCUT2D eigenvalue weighted by molar-refractivity contribution is 0.194. The van der Waals surface area contributed by atoms with Gasteiger partial charge in [0, 0.05) is 25.8 Å². The summed E-state index contributed by atoms with van der Waals surface area (Å²) in [5, 5.41) is 11.9. The van der Waals surface area contributed by atoms with E-state index in [0.717, 1.165) is 48.6 Å². The largest absolute Gasteiger partial charge is 0.385 e. The summed E-state index contributed by atoms with van der Waals surface area (Å²) >= 11 is 0. The van der Waals surface area contributed by atoms with Crippen LogP contribution in [0.3, 0.4) is 0 Å². The van der Waals surface area contributed by atoms with Gasteiger partial charge in [-0.3, -0.25) is 0 Å². The van der Waals surface area contributed by atoms with E-state index in [9.17, 15) is 0 Å². The summed E-state index contributed by atoms with van der Waals surface area (Å²) in [6.45, 7) is 3.75. The molecule has 0 fully saturated rings. The van der Waals surface area contributed by atoms with E-state index >= 15 is 0 Å². The van der Waals surface area contributed by atoms with Crippen LogP contribution in [0.1, 0.15) is 18.4 Å². The zero-order chi connectivity index (χ0) is 14.2. The lowest BCUT2D eigenvalue weighted by atomic mass is 10.1. The zero-order valence-corrected chi connectivity index (χ0v) is 12.1. The van der Waals surface area contributed by atoms with Crippen molar-refractivity contribution in [2.24, 2.45) is 0 Å². The third-order valence-corrected chi connectivity index (χ3v) is 3.12. The summed E-state index contributed by atoms with van der Waals surface area (Å²) in [4.78, 5) is 0. The van der Waals surface area contributed by atoms with Gasteiger partial charge in [-0.2, -0.15) is 0 Å². The van der Waals surface area contributed by atoms with Gasteiger partial charge in [-0.1, -0.05) is 30.3 Å². The highest BCUT2D eigenvalue weighted by atomic mass is 16.5. The molecule has 106 valence electrons. The number of aromatic nitrogens is 2. The van der Waals surface area contributed by atoms with Crippen molar-refractivity contribution in [1.82, 2.24) is 10.2 Å². The molecule has 0 aliphatic rings. The van der Waals surface area contributed by atoms with Crippen molar-refractivity contribution in [2.45, 2.75) is 19.8 Å². The number of ether oxygens (including phenoxy) is 1. The molecule has 1 aromatic heterocycles. The molecular formula is C16H21N3O. The molecule has 4 heteroatoms. The molecule has 0 radical (unpaired) electrons. The number of anilines is 1. The number of aryl methyl sites for hydroxylation is 1. The Bertz CT molecular complexity index is 529. The second-order valence-electron chi connectivity index (χ2n) is 4.75. The fraction of sp³-hybridized carbons (Fsp3) is 0.375. The number of hydrogen-bond acceptors (Lipinski definition) is 4. The molecule has 1 N–H and O–H groups in total. The molecule has 0 spiro atoms. The van der Waals surface area contributed by atoms with E-state index < -0.39 is 0 Å². The van der Waals surface area contributed by atoms with Crippen molar-refractivity contribution in [3.63, 3.8) is 0 Å². The van der Waals surface area contributed by atoms with Crippen molar-refractivity contribution >= 4 is 5.82 Å². The van der Waals surface area contributed by atoms with Crippen molar-refractivity contribution in [3.8, 4) is 11.3 Å². The molecule has 0 saturated carbocycles. The second-order valence-corrected chi connectivity index (χ2v) is 4.75. The maximum absolute atomic E-state index is 5.03. The molecule has 0 aliphatic carbocycles. The Hall–Kier alpha value is -1.94. The van der Waals surface area contributed by atoms with E-state index in [2.05, 4.69) is 28.5 Å². The second kappa shape index (κ2) is 7.60. The summed E-state index contributed by atoms with van der Waals surface area (Å²) in [6.07, 6.45) is 2.12. The maximum Gasteiger partial charge on any atom is 0.151 e. The summed E-state index contributed by atoms with van der Waals surface area (Å²) in [7, 11) is 1.73. The van der Waals surface area contributed by atoms with Gasteiger partial charge in [-0.05, 0) is 31.4 Å². The molecule has 0 atom stereocenters. The number of unbranched alkanes of at least 4 members (excludes halogenated alkanes) is 1. The Labute approximate surface area is 120 Å². The third-order valence-electron chi connectivity index (χ3n) is 3.12. The van der Waals surface area contributed by atoms with E-state index in [0.29, 0.717) is 0 Å². The topological polar surface area (TPSA) is 47.0 Å². The van der Waals surface area contributed by atoms with Gasteiger partial charge in [0.25, 0.3) is 0 Å². The van der Waals surface area contributed by atoms with Gasteiger partial charge in [0.05, 0.1) is 5.69 Å². The van der Waals surface area contributed by atoms with Gasteiger partial charge in [0.1, 0.15) is 0 Å². The first-order valence-electron chi connectivity index (χ1n) is 6.94. The van der Waals surface area contributed by atoms with Gasteiger partial charge in [0.15, 0.2) is 5.82 Å². The first kappa shape index (κ1) is 14.5. The fourth-order valence-electron chi connectivity index (χ4n) is 1.99. The van der Waals surface area contributed by atoms with Crippen LogP contribution in [0.5, 0.6) is 0 Å². The molecule has 1 heterocycles. The smallest absolute Gasteiger partial charge is 0.151 e. The van der Waals surface area contributed by atoms with Crippen molar-refractivity contribution in [1.29, 1.82) is 0 Å². The first-order chi connectivity index (χ1) is 9.81. The minimum atomic E-state index is 0.805. The van der Waals surface area contributed by atoms with Crippen LogP contribution in [-0.4, -0.2) is 30.5 Å². The summed E-state index contributed by atoms with van der Waals surface area (Å²) in [5.41, 5.74) is 3.12. The van der Waals surface area contributed by atoms with E-state index in [1.54, 1.807) is 7.11 Å². The highest BCUT2D eigenvalue weighted by Crippen LogP contribution is 2.19. The van der Waals surface area contributed by atoms with E-state index in [1.165, 1.54) is 0 Å². The Balaban J connectivity index is 1.96. The average molecular weight is 271 g/mol. The van der Waals surface area contributed by atoms with Gasteiger partial charge in [-0.25, -0.2) is 0 Å². The normalized spacial score (nSPS) is 10.5. The Morgan fingerprint density at radius 1 is 1.10 bits per heavy atom. The maximum atomic E-state index is 5.03. The number of benzene rings is 1. The van der Waals surface area contributed by atoms with Crippen molar-refractivity contribution in [2.75, 3.05) is 25.6 Å². The molecule has 1 aromatic carbocycles. The molecule has 2 rings (SSSR count). The van der Waals surface area contributed by atoms with Gasteiger partial charge >= 0.3 is 0 Å². The highest BCUT2D eigenvalue weighted by molar-refractivity contribution is 5.61. The number of nitrogens with one attached hydrogen (secondary N) is 1. The molecule has 2 aromatic rings. The monoisotopic (exact) mass is 271 g/mol. The molecule has 4 nitrogen and oxygen atoms in total. The number of rotatable bonds is 7. The predicted octanol–water partition coefficient (Wildman–Crippen LogP) is 3.29. The minimum Gasteiger partial charge on any atom is -0.385 e. The quantitative estimate of drug-likeness (QED) is 0.785. The SMILES string of the molecule is COCCCCNc1nnc(-c2ccccc2)cc1C. The van der Waals surface area contributed by atoms with Crippen LogP contribution in [-0.2, 0) is 4.74 Å². The summed E-state index contributed by atoms with van der Waals surface area (Å²) in [5.74, 6) is 0.863. The zero-order valence-electron chi connectivity index (χ0n) is 12.1. The Morgan fingerprint density at radius 3 is 2.60 bits per heavy atom. The van der Waals surface area contributed by atoms with Crippen LogP contribution < -0.4 is 5.32 Å². The van der Waals surface area contributed by atoms with E-state index in [-0.39, 0.29) is 0 Å². The number of nitrogens with zero attached hydrogens (tertiary/aromatic N) is 2. The van der Waals surface area contributed by atoms with E-state index in [4.69, 9.17) is 4.74 Å². The Morgan fingerprint density at radius 2 is 1.90 bits per heavy atom. The Kier molecular flexibility index (Phi) is 5.50. The van der Waals surface area contributed by atoms with Crippen molar-refractivity contribution < 1.29 is 4.74 Å². The molecular weight excluding hydrogens is 250 g/mol. The third kappa shape index (κ3) is 4.03. The van der Waals surface area contributed by atoms with Gasteiger partial charge in [-0.15, -0.1) is 10.2 Å². The van der Waals surface area contributed by atoms with Crippen LogP contribution in [0.15, 0.2) is 36.4 Å². The van der Waals surface area contributed by atoms with Gasteiger partial charge < -0.3 is 10.1 Å². The lowest BCUT2D eigenvalue weighted by Crippen LogP contribution is -2.07. The van der Waals surface area contributed by atoms with Gasteiger partial charge in [0.2, 0.25) is 0 Å². The van der Waals surface area contributed by atoms with Crippen LogP contribution in [0, 0.1) is 6.92 Å². The summed E-state index contributed by atoms with van der Waals surface area (Å²) < 4.78 is 5.03. The average Bonchev–Trinajstić information content (AvgIpc) is 2.49. The molecule has 0 unspecified atom stereocenters. The van der Waals surface area contributed by atoms with Crippen LogP contribution in [0.4, 0.5) is 5.82 Å². The molecule has 0 amide bonds. The van der Waals surface area contributed by atoms with Crippen LogP contribution >= 0.6 is 0 Å². The first-order valence-corrected chi connectivity index (χ1v) is 6.94. The number of methoxy groups -OCH3 is 1. The van der Waals surface area contributed by atoms with Crippen molar-refractivity contribution in [3.05, 3.63) is 42.0 Å². The fourth-order valence-corrected chi connectivity index (χ4v) is 1.99. The summed E-state index contributed by atoms with van der Waals surface area (Å²) in [6, 6.07) is 12.2. The highest BCUT2D eigenvalue weighted by Gasteiger charge is 2.04. The molecule has 0 aliphatic heterocycles. The standard InChI is InChI=1S/C16H21N3O/c1-13-12-15(14-8-4-3-5-9-14)18-19-16(13)17-10-6-7-11-20-2/h3-5,8-9,12H,6-7,10-11H2,1-2H3,(H,17,19). The molecule has 0 saturated heterocycles. The molecule has 0 bridgehead atoms. The van der Waals surface area contributed by atoms with Crippen LogP contribution in [0.25, 0.3) is 11.3 Å². The predicted molar refractivity (Wildman–Crippen MR) is 81.8 cm³/mol.